The summed E-state index contributed by atoms with van der Waals surface area (Å²) >= 11 is 0. The lowest BCUT2D eigenvalue weighted by molar-refractivity contribution is 0.255. The second kappa shape index (κ2) is 16.3. The van der Waals surface area contributed by atoms with Crippen molar-refractivity contribution in [2.45, 2.75) is 96.8 Å². The number of rotatable bonds is 16. The standard InChI is InChI=1S/C19H40NO/c1-4-5-6-7-8-9-10-11-12-13-14-15-16-19(17-18-21)20(2)3/h21H,4-18H2,1-3H3. The third kappa shape index (κ3) is 14.6. The molecule has 2 heteroatoms. The van der Waals surface area contributed by atoms with E-state index in [2.05, 4.69) is 25.9 Å². The highest BCUT2D eigenvalue weighted by Gasteiger charge is 2.10. The van der Waals surface area contributed by atoms with Gasteiger partial charge in [-0.05, 0) is 26.9 Å². The largest absolute Gasteiger partial charge is 0.396 e. The molecule has 2 nitrogen and oxygen atoms in total. The molecule has 1 N–H and O–H groups in total. The zero-order valence-corrected chi connectivity index (χ0v) is 15.0. The van der Waals surface area contributed by atoms with Crippen molar-refractivity contribution < 1.29 is 5.11 Å². The number of hydrogen-bond acceptors (Lipinski definition) is 2. The van der Waals surface area contributed by atoms with Crippen molar-refractivity contribution in [1.29, 1.82) is 0 Å². The van der Waals surface area contributed by atoms with E-state index in [1.165, 1.54) is 83.1 Å². The molecule has 0 amide bonds. The van der Waals surface area contributed by atoms with Crippen LogP contribution in [-0.2, 0) is 0 Å². The van der Waals surface area contributed by atoms with Crippen LogP contribution in [0.2, 0.25) is 0 Å². The van der Waals surface area contributed by atoms with Gasteiger partial charge < -0.3 is 10.0 Å². The summed E-state index contributed by atoms with van der Waals surface area (Å²) in [5.41, 5.74) is 0. The maximum Gasteiger partial charge on any atom is 0.0449 e. The Morgan fingerprint density at radius 3 is 1.48 bits per heavy atom. The minimum absolute atomic E-state index is 0.284. The van der Waals surface area contributed by atoms with Gasteiger partial charge in [0.15, 0.2) is 0 Å². The van der Waals surface area contributed by atoms with Crippen LogP contribution in [0.25, 0.3) is 0 Å². The first kappa shape index (κ1) is 20.9. The summed E-state index contributed by atoms with van der Waals surface area (Å²) in [6, 6.07) is 1.39. The first-order valence-electron chi connectivity index (χ1n) is 9.35. The average Bonchev–Trinajstić information content (AvgIpc) is 2.47. The molecule has 0 aromatic rings. The van der Waals surface area contributed by atoms with E-state index in [9.17, 15) is 0 Å². The highest BCUT2D eigenvalue weighted by atomic mass is 16.3. The summed E-state index contributed by atoms with van der Waals surface area (Å²) in [5.74, 6) is 0. The minimum atomic E-state index is 0.284. The van der Waals surface area contributed by atoms with Crippen LogP contribution in [0.5, 0.6) is 0 Å². The van der Waals surface area contributed by atoms with E-state index in [4.69, 9.17) is 5.11 Å². The van der Waals surface area contributed by atoms with Gasteiger partial charge in [-0.15, -0.1) is 0 Å². The second-order valence-electron chi connectivity index (χ2n) is 6.57. The second-order valence-corrected chi connectivity index (χ2v) is 6.57. The molecule has 0 unspecified atom stereocenters. The normalized spacial score (nSPS) is 11.7. The van der Waals surface area contributed by atoms with Gasteiger partial charge in [-0.2, -0.15) is 0 Å². The predicted molar refractivity (Wildman–Crippen MR) is 94.3 cm³/mol. The van der Waals surface area contributed by atoms with Crippen molar-refractivity contribution in [3.63, 3.8) is 0 Å². The molecule has 0 aliphatic carbocycles. The Kier molecular flexibility index (Phi) is 16.2. The maximum atomic E-state index is 9.03. The summed E-state index contributed by atoms with van der Waals surface area (Å²) < 4.78 is 0. The van der Waals surface area contributed by atoms with E-state index in [1.54, 1.807) is 0 Å². The van der Waals surface area contributed by atoms with Crippen LogP contribution in [0, 0.1) is 6.04 Å². The van der Waals surface area contributed by atoms with Gasteiger partial charge in [0.1, 0.15) is 0 Å². The number of hydrogen-bond donors (Lipinski definition) is 1. The fraction of sp³-hybridized carbons (Fsp3) is 0.947. The number of nitrogens with zero attached hydrogens (tertiary/aromatic N) is 1. The van der Waals surface area contributed by atoms with Crippen molar-refractivity contribution >= 4 is 0 Å². The molecule has 0 atom stereocenters. The first-order chi connectivity index (χ1) is 10.2. The van der Waals surface area contributed by atoms with Crippen LogP contribution in [0.1, 0.15) is 96.8 Å². The Balaban J connectivity index is 3.21. The Hall–Kier alpha value is -0.0800. The molecule has 0 saturated carbocycles. The molecule has 0 aliphatic rings. The molecule has 0 aromatic heterocycles. The van der Waals surface area contributed by atoms with Gasteiger partial charge in [0, 0.05) is 12.6 Å². The van der Waals surface area contributed by atoms with E-state index in [-0.39, 0.29) is 6.61 Å². The van der Waals surface area contributed by atoms with Gasteiger partial charge in [-0.3, -0.25) is 0 Å². The number of unbranched alkanes of at least 4 members (excludes halogenated alkanes) is 11. The Morgan fingerprint density at radius 1 is 0.667 bits per heavy atom. The summed E-state index contributed by atoms with van der Waals surface area (Å²) in [4.78, 5) is 2.18. The van der Waals surface area contributed by atoms with Crippen LogP contribution in [0.4, 0.5) is 0 Å². The van der Waals surface area contributed by atoms with Gasteiger partial charge in [0.25, 0.3) is 0 Å². The molecule has 0 saturated heterocycles. The van der Waals surface area contributed by atoms with E-state index >= 15 is 0 Å². The van der Waals surface area contributed by atoms with Crippen LogP contribution in [0.3, 0.4) is 0 Å². The predicted octanol–water partition coefficient (Wildman–Crippen LogP) is 5.55. The smallest absolute Gasteiger partial charge is 0.0449 e. The van der Waals surface area contributed by atoms with Crippen LogP contribution in [-0.4, -0.2) is 30.7 Å². The lowest BCUT2D eigenvalue weighted by Gasteiger charge is -2.22. The van der Waals surface area contributed by atoms with Crippen molar-refractivity contribution in [1.82, 2.24) is 4.90 Å². The van der Waals surface area contributed by atoms with E-state index in [1.807, 2.05) is 0 Å². The SMILES string of the molecule is CCCCCCCCCCCCCC[C](CCO)N(C)C. The summed E-state index contributed by atoms with van der Waals surface area (Å²) in [6.45, 7) is 2.56. The molecule has 127 valence electrons. The molecule has 0 fully saturated rings. The topological polar surface area (TPSA) is 23.5 Å². The highest BCUT2D eigenvalue weighted by molar-refractivity contribution is 4.85. The van der Waals surface area contributed by atoms with Gasteiger partial charge in [0.05, 0.1) is 0 Å². The molecular weight excluding hydrogens is 258 g/mol. The summed E-state index contributed by atoms with van der Waals surface area (Å²) in [5, 5.41) is 9.03. The van der Waals surface area contributed by atoms with Gasteiger partial charge in [-0.25, -0.2) is 0 Å². The molecule has 0 spiro atoms. The van der Waals surface area contributed by atoms with Gasteiger partial charge in [-0.1, -0.05) is 84.0 Å². The van der Waals surface area contributed by atoms with Gasteiger partial charge in [0.2, 0.25) is 0 Å². The van der Waals surface area contributed by atoms with Gasteiger partial charge >= 0.3 is 0 Å². The lowest BCUT2D eigenvalue weighted by Crippen LogP contribution is -2.20. The maximum absolute atomic E-state index is 9.03. The Bertz CT molecular complexity index is 194. The molecule has 0 bridgehead atoms. The fourth-order valence-corrected chi connectivity index (χ4v) is 2.87. The third-order valence-electron chi connectivity index (χ3n) is 4.35. The van der Waals surface area contributed by atoms with Crippen LogP contribution < -0.4 is 0 Å². The highest BCUT2D eigenvalue weighted by Crippen LogP contribution is 2.19. The molecule has 0 aliphatic heterocycles. The zero-order valence-electron chi connectivity index (χ0n) is 15.0. The summed E-state index contributed by atoms with van der Waals surface area (Å²) in [7, 11) is 4.18. The average molecular weight is 299 g/mol. The minimum Gasteiger partial charge on any atom is -0.396 e. The quantitative estimate of drug-likeness (QED) is 0.377. The lowest BCUT2D eigenvalue weighted by atomic mass is 10.0. The third-order valence-corrected chi connectivity index (χ3v) is 4.35. The summed E-state index contributed by atoms with van der Waals surface area (Å²) in [6.07, 6.45) is 18.8. The van der Waals surface area contributed by atoms with Crippen molar-refractivity contribution in [3.8, 4) is 0 Å². The first-order valence-corrected chi connectivity index (χ1v) is 9.35. The van der Waals surface area contributed by atoms with Crippen LogP contribution >= 0.6 is 0 Å². The van der Waals surface area contributed by atoms with Crippen molar-refractivity contribution in [2.24, 2.45) is 0 Å². The van der Waals surface area contributed by atoms with Crippen LogP contribution in [0.15, 0.2) is 0 Å². The van der Waals surface area contributed by atoms with E-state index < -0.39 is 0 Å². The molecule has 1 radical (unpaired) electrons. The Labute approximate surface area is 134 Å². The van der Waals surface area contributed by atoms with E-state index in [0.29, 0.717) is 0 Å². The zero-order chi connectivity index (χ0) is 15.8. The van der Waals surface area contributed by atoms with Crippen molar-refractivity contribution in [2.75, 3.05) is 20.7 Å². The van der Waals surface area contributed by atoms with E-state index in [0.717, 1.165) is 12.8 Å². The molecule has 0 aromatic carbocycles. The molecule has 21 heavy (non-hydrogen) atoms. The number of aliphatic hydroxyl groups excluding tert-OH is 1. The Morgan fingerprint density at radius 2 is 1.10 bits per heavy atom. The fourth-order valence-electron chi connectivity index (χ4n) is 2.87. The molecule has 0 heterocycles. The van der Waals surface area contributed by atoms with Crippen molar-refractivity contribution in [3.05, 3.63) is 6.04 Å². The number of aliphatic hydroxyl groups is 1. The molecular formula is C19H40NO. The molecule has 0 rings (SSSR count). The monoisotopic (exact) mass is 298 g/mol.